The van der Waals surface area contributed by atoms with Gasteiger partial charge in [-0.1, -0.05) is 0 Å². The number of anilines is 1. The number of amides is 1. The Balaban J connectivity index is 1.73. The van der Waals surface area contributed by atoms with Crippen molar-refractivity contribution in [1.29, 1.82) is 0 Å². The van der Waals surface area contributed by atoms with Crippen molar-refractivity contribution in [3.05, 3.63) is 22.4 Å². The molecule has 0 bridgehead atoms. The number of nitrogens with two attached hydrogens (primary N) is 1. The summed E-state index contributed by atoms with van der Waals surface area (Å²) in [4.78, 5) is 18.3. The van der Waals surface area contributed by atoms with E-state index in [9.17, 15) is 4.79 Å². The molecule has 1 fully saturated rings. The Morgan fingerprint density at radius 3 is 3.00 bits per heavy atom. The van der Waals surface area contributed by atoms with Gasteiger partial charge in [-0.25, -0.2) is 4.98 Å². The highest BCUT2D eigenvalue weighted by atomic mass is 79.9. The van der Waals surface area contributed by atoms with E-state index in [1.165, 1.54) is 6.20 Å². The first-order valence-electron chi connectivity index (χ1n) is 6.66. The smallest absolute Gasteiger partial charge is 0.254 e. The lowest BCUT2D eigenvalue weighted by Crippen LogP contribution is -2.38. The van der Waals surface area contributed by atoms with E-state index in [0.29, 0.717) is 22.4 Å². The molecule has 1 aromatic heterocycles. The second-order valence-corrected chi connectivity index (χ2v) is 5.42. The van der Waals surface area contributed by atoms with Crippen LogP contribution in [0.25, 0.3) is 0 Å². The number of carbonyl (C=O) groups excluding carboxylic acids is 1. The molecule has 0 aliphatic carbocycles. The first-order valence-corrected chi connectivity index (χ1v) is 7.45. The molecule has 0 atom stereocenters. The molecule has 0 radical (unpaired) electrons. The average molecular weight is 343 g/mol. The van der Waals surface area contributed by atoms with E-state index in [2.05, 4.69) is 31.1 Å². The van der Waals surface area contributed by atoms with Crippen LogP contribution in [-0.2, 0) is 4.74 Å². The summed E-state index contributed by atoms with van der Waals surface area (Å²) >= 11 is 3.25. The van der Waals surface area contributed by atoms with Crippen molar-refractivity contribution >= 4 is 27.5 Å². The maximum atomic E-state index is 12.0. The van der Waals surface area contributed by atoms with Crippen LogP contribution in [0.15, 0.2) is 16.9 Å². The summed E-state index contributed by atoms with van der Waals surface area (Å²) in [6.45, 7) is 5.15. The van der Waals surface area contributed by atoms with Crippen molar-refractivity contribution in [3.63, 3.8) is 0 Å². The highest BCUT2D eigenvalue weighted by Gasteiger charge is 2.12. The maximum absolute atomic E-state index is 12.0. The minimum atomic E-state index is -0.154. The monoisotopic (exact) mass is 342 g/mol. The van der Waals surface area contributed by atoms with Gasteiger partial charge in [0.1, 0.15) is 4.60 Å². The van der Waals surface area contributed by atoms with E-state index in [1.54, 1.807) is 6.07 Å². The third-order valence-electron chi connectivity index (χ3n) is 3.15. The number of halogens is 1. The standard InChI is InChI=1S/C13H19BrN4O2/c14-12-11(8-10(15)9-17-12)13(19)16-2-1-3-18-4-6-20-7-5-18/h8-9H,1-7,15H2,(H,16,19). The summed E-state index contributed by atoms with van der Waals surface area (Å²) in [5, 5.41) is 2.88. The fraction of sp³-hybridized carbons (Fsp3) is 0.538. The van der Waals surface area contributed by atoms with E-state index in [4.69, 9.17) is 10.5 Å². The van der Waals surface area contributed by atoms with Gasteiger partial charge in [-0.05, 0) is 35.0 Å². The molecule has 110 valence electrons. The van der Waals surface area contributed by atoms with E-state index >= 15 is 0 Å². The molecule has 0 unspecified atom stereocenters. The number of morpholine rings is 1. The maximum Gasteiger partial charge on any atom is 0.254 e. The van der Waals surface area contributed by atoms with Gasteiger partial charge in [-0.2, -0.15) is 0 Å². The predicted molar refractivity (Wildman–Crippen MR) is 80.6 cm³/mol. The van der Waals surface area contributed by atoms with Gasteiger partial charge in [0.25, 0.3) is 5.91 Å². The van der Waals surface area contributed by atoms with Gasteiger partial charge >= 0.3 is 0 Å². The summed E-state index contributed by atoms with van der Waals surface area (Å²) in [5.41, 5.74) is 6.58. The molecule has 0 saturated carbocycles. The molecule has 1 aliphatic rings. The molecule has 6 nitrogen and oxygen atoms in total. The Morgan fingerprint density at radius 2 is 2.25 bits per heavy atom. The van der Waals surface area contributed by atoms with E-state index in [-0.39, 0.29) is 5.91 Å². The van der Waals surface area contributed by atoms with Crippen LogP contribution in [0.3, 0.4) is 0 Å². The molecule has 1 amide bonds. The molecule has 2 rings (SSSR count). The Hall–Kier alpha value is -1.18. The Labute approximate surface area is 126 Å². The molecule has 1 aromatic rings. The number of hydrogen-bond donors (Lipinski definition) is 2. The van der Waals surface area contributed by atoms with Crippen LogP contribution in [0.4, 0.5) is 5.69 Å². The topological polar surface area (TPSA) is 80.5 Å². The second kappa shape index (κ2) is 7.56. The van der Waals surface area contributed by atoms with Crippen LogP contribution >= 0.6 is 15.9 Å². The van der Waals surface area contributed by atoms with Gasteiger partial charge in [0.15, 0.2) is 0 Å². The molecule has 0 spiro atoms. The highest BCUT2D eigenvalue weighted by molar-refractivity contribution is 9.10. The quantitative estimate of drug-likeness (QED) is 0.613. The fourth-order valence-electron chi connectivity index (χ4n) is 2.05. The molecular weight excluding hydrogens is 324 g/mol. The molecule has 2 heterocycles. The van der Waals surface area contributed by atoms with Crippen molar-refractivity contribution < 1.29 is 9.53 Å². The lowest BCUT2D eigenvalue weighted by atomic mass is 10.2. The third-order valence-corrected chi connectivity index (χ3v) is 3.78. The SMILES string of the molecule is Nc1cnc(Br)c(C(=O)NCCCN2CCOCC2)c1. The van der Waals surface area contributed by atoms with Gasteiger partial charge < -0.3 is 15.8 Å². The number of nitrogen functional groups attached to an aromatic ring is 1. The summed E-state index contributed by atoms with van der Waals surface area (Å²) in [6.07, 6.45) is 2.43. The van der Waals surface area contributed by atoms with Crippen molar-refractivity contribution in [3.8, 4) is 0 Å². The zero-order valence-electron chi connectivity index (χ0n) is 11.3. The van der Waals surface area contributed by atoms with Gasteiger partial charge in [-0.15, -0.1) is 0 Å². The first-order chi connectivity index (χ1) is 9.66. The number of hydrogen-bond acceptors (Lipinski definition) is 5. The molecular formula is C13H19BrN4O2. The van der Waals surface area contributed by atoms with Crippen molar-refractivity contribution in [2.24, 2.45) is 0 Å². The van der Waals surface area contributed by atoms with E-state index in [0.717, 1.165) is 39.3 Å². The Kier molecular flexibility index (Phi) is 5.75. The molecule has 7 heteroatoms. The molecule has 1 aliphatic heterocycles. The fourth-order valence-corrected chi connectivity index (χ4v) is 2.44. The largest absolute Gasteiger partial charge is 0.397 e. The number of nitrogens with zero attached hydrogens (tertiary/aromatic N) is 2. The lowest BCUT2D eigenvalue weighted by Gasteiger charge is -2.26. The summed E-state index contributed by atoms with van der Waals surface area (Å²) in [6, 6.07) is 1.62. The van der Waals surface area contributed by atoms with Crippen molar-refractivity contribution in [2.45, 2.75) is 6.42 Å². The predicted octanol–water partition coefficient (Wildman–Crippen LogP) is 0.878. The lowest BCUT2D eigenvalue weighted by molar-refractivity contribution is 0.0374. The van der Waals surface area contributed by atoms with Gasteiger partial charge in [0, 0.05) is 19.6 Å². The first kappa shape index (κ1) is 15.2. The van der Waals surface area contributed by atoms with Gasteiger partial charge in [-0.3, -0.25) is 9.69 Å². The second-order valence-electron chi connectivity index (χ2n) is 4.67. The van der Waals surface area contributed by atoms with E-state index in [1.807, 2.05) is 0 Å². The minimum absolute atomic E-state index is 0.154. The summed E-state index contributed by atoms with van der Waals surface area (Å²) in [7, 11) is 0. The molecule has 20 heavy (non-hydrogen) atoms. The van der Waals surface area contributed by atoms with Crippen LogP contribution < -0.4 is 11.1 Å². The number of ether oxygens (including phenoxy) is 1. The normalized spacial score (nSPS) is 16.1. The van der Waals surface area contributed by atoms with Crippen molar-refractivity contribution in [1.82, 2.24) is 15.2 Å². The molecule has 3 N–H and O–H groups in total. The van der Waals surface area contributed by atoms with Crippen LogP contribution in [0.5, 0.6) is 0 Å². The summed E-state index contributed by atoms with van der Waals surface area (Å²) < 4.78 is 5.80. The van der Waals surface area contributed by atoms with Crippen LogP contribution in [0, 0.1) is 0 Å². The average Bonchev–Trinajstić information content (AvgIpc) is 2.47. The molecule has 1 saturated heterocycles. The number of rotatable bonds is 5. The highest BCUT2D eigenvalue weighted by Crippen LogP contribution is 2.15. The molecule has 0 aromatic carbocycles. The number of nitrogens with one attached hydrogen (secondary N) is 1. The number of pyridine rings is 1. The third kappa shape index (κ3) is 4.43. The number of aromatic nitrogens is 1. The Bertz CT molecular complexity index is 464. The van der Waals surface area contributed by atoms with Crippen LogP contribution in [-0.4, -0.2) is 55.2 Å². The minimum Gasteiger partial charge on any atom is -0.397 e. The number of carbonyl (C=O) groups is 1. The Morgan fingerprint density at radius 1 is 1.50 bits per heavy atom. The van der Waals surface area contributed by atoms with Gasteiger partial charge in [0.05, 0.1) is 30.7 Å². The van der Waals surface area contributed by atoms with Crippen molar-refractivity contribution in [2.75, 3.05) is 45.1 Å². The van der Waals surface area contributed by atoms with E-state index < -0.39 is 0 Å². The summed E-state index contributed by atoms with van der Waals surface area (Å²) in [5.74, 6) is -0.154. The zero-order chi connectivity index (χ0) is 14.4. The van der Waals surface area contributed by atoms with Crippen LogP contribution in [0.2, 0.25) is 0 Å². The zero-order valence-corrected chi connectivity index (χ0v) is 12.9. The van der Waals surface area contributed by atoms with Crippen LogP contribution in [0.1, 0.15) is 16.8 Å². The van der Waals surface area contributed by atoms with Gasteiger partial charge in [0.2, 0.25) is 0 Å².